The lowest BCUT2D eigenvalue weighted by atomic mass is 9.96. The molecule has 0 bridgehead atoms. The molecule has 1 amide bonds. The van der Waals surface area contributed by atoms with Gasteiger partial charge in [0.25, 0.3) is 11.6 Å². The first-order valence-electron chi connectivity index (χ1n) is 9.21. The zero-order chi connectivity index (χ0) is 22.4. The van der Waals surface area contributed by atoms with E-state index in [0.29, 0.717) is 27.9 Å². The van der Waals surface area contributed by atoms with Crippen molar-refractivity contribution in [2.75, 3.05) is 11.9 Å². The highest BCUT2D eigenvalue weighted by molar-refractivity contribution is 6.00. The van der Waals surface area contributed by atoms with Gasteiger partial charge in [0.05, 0.1) is 22.1 Å². The summed E-state index contributed by atoms with van der Waals surface area (Å²) >= 11 is 0. The summed E-state index contributed by atoms with van der Waals surface area (Å²) in [7, 11) is 0. The molecule has 3 rings (SSSR count). The molecular weight excluding hydrogens is 398 g/mol. The Kier molecular flexibility index (Phi) is 6.38. The number of carbonyl (C=O) groups is 2. The predicted octanol–water partition coefficient (Wildman–Crippen LogP) is 4.24. The number of anilines is 1. The second-order valence-electron chi connectivity index (χ2n) is 6.58. The number of nitriles is 1. The van der Waals surface area contributed by atoms with Gasteiger partial charge < -0.3 is 10.1 Å². The average molecular weight is 415 g/mol. The largest absolute Gasteiger partial charge is 0.452 e. The Morgan fingerprint density at radius 1 is 1.06 bits per heavy atom. The van der Waals surface area contributed by atoms with E-state index < -0.39 is 23.4 Å². The smallest absolute Gasteiger partial charge is 0.339 e. The molecule has 8 heteroatoms. The minimum Gasteiger partial charge on any atom is -0.452 e. The summed E-state index contributed by atoms with van der Waals surface area (Å²) in [5.74, 6) is -1.29. The molecule has 0 fully saturated rings. The maximum Gasteiger partial charge on any atom is 0.339 e. The number of nitro groups is 1. The Labute approximate surface area is 177 Å². The Bertz CT molecular complexity index is 1210. The van der Waals surface area contributed by atoms with Crippen LogP contribution in [0.2, 0.25) is 0 Å². The van der Waals surface area contributed by atoms with Crippen LogP contribution in [0.5, 0.6) is 0 Å². The van der Waals surface area contributed by atoms with Gasteiger partial charge in [-0.1, -0.05) is 36.4 Å². The lowest BCUT2D eigenvalue weighted by Crippen LogP contribution is -2.21. The number of amides is 1. The van der Waals surface area contributed by atoms with Crippen LogP contribution in [0.25, 0.3) is 11.1 Å². The molecule has 0 unspecified atom stereocenters. The first-order chi connectivity index (χ1) is 14.9. The van der Waals surface area contributed by atoms with E-state index >= 15 is 0 Å². The number of non-ortho nitro benzene ring substituents is 1. The highest BCUT2D eigenvalue weighted by atomic mass is 16.6. The second kappa shape index (κ2) is 9.33. The second-order valence-corrected chi connectivity index (χ2v) is 6.58. The van der Waals surface area contributed by atoms with E-state index in [9.17, 15) is 25.0 Å². The fourth-order valence-electron chi connectivity index (χ4n) is 3.01. The SMILES string of the molecule is Cc1cc([N+](=O)[O-])ccc1NC(=O)COC(=O)c1ccccc1-c1ccccc1C#N. The number of rotatable bonds is 6. The first-order valence-corrected chi connectivity index (χ1v) is 9.21. The fraction of sp³-hybridized carbons (Fsp3) is 0.0870. The number of benzene rings is 3. The summed E-state index contributed by atoms with van der Waals surface area (Å²) in [5.41, 5.74) is 2.55. The molecule has 31 heavy (non-hydrogen) atoms. The zero-order valence-electron chi connectivity index (χ0n) is 16.5. The van der Waals surface area contributed by atoms with Crippen molar-refractivity contribution in [1.29, 1.82) is 5.26 Å². The summed E-state index contributed by atoms with van der Waals surface area (Å²) in [5, 5.41) is 22.7. The van der Waals surface area contributed by atoms with Crippen molar-refractivity contribution in [2.45, 2.75) is 6.92 Å². The van der Waals surface area contributed by atoms with Crippen molar-refractivity contribution in [1.82, 2.24) is 0 Å². The number of hydrogen-bond acceptors (Lipinski definition) is 6. The molecule has 0 radical (unpaired) electrons. The molecule has 0 heterocycles. The number of nitrogens with one attached hydrogen (secondary N) is 1. The molecule has 8 nitrogen and oxygen atoms in total. The molecular formula is C23H17N3O5. The topological polar surface area (TPSA) is 122 Å². The number of carbonyl (C=O) groups excluding carboxylic acids is 2. The van der Waals surface area contributed by atoms with Crippen molar-refractivity contribution in [3.8, 4) is 17.2 Å². The van der Waals surface area contributed by atoms with Crippen LogP contribution in [-0.2, 0) is 9.53 Å². The van der Waals surface area contributed by atoms with Crippen LogP contribution in [0.3, 0.4) is 0 Å². The summed E-state index contributed by atoms with van der Waals surface area (Å²) in [6.07, 6.45) is 0. The molecule has 3 aromatic rings. The van der Waals surface area contributed by atoms with Gasteiger partial charge in [-0.2, -0.15) is 5.26 Å². The Balaban J connectivity index is 1.71. The lowest BCUT2D eigenvalue weighted by Gasteiger charge is -2.12. The lowest BCUT2D eigenvalue weighted by molar-refractivity contribution is -0.384. The van der Waals surface area contributed by atoms with E-state index in [-0.39, 0.29) is 11.3 Å². The average Bonchev–Trinajstić information content (AvgIpc) is 2.78. The van der Waals surface area contributed by atoms with Gasteiger partial charge in [0.1, 0.15) is 0 Å². The molecule has 3 aromatic carbocycles. The van der Waals surface area contributed by atoms with Gasteiger partial charge in [0, 0.05) is 23.4 Å². The van der Waals surface area contributed by atoms with Crippen LogP contribution in [0.1, 0.15) is 21.5 Å². The van der Waals surface area contributed by atoms with Crippen molar-refractivity contribution >= 4 is 23.3 Å². The molecule has 0 aromatic heterocycles. The molecule has 0 saturated heterocycles. The quantitative estimate of drug-likeness (QED) is 0.365. The maximum absolute atomic E-state index is 12.6. The number of aryl methyl sites for hydroxylation is 1. The number of nitrogens with zero attached hydrogens (tertiary/aromatic N) is 2. The van der Waals surface area contributed by atoms with Crippen LogP contribution in [0.15, 0.2) is 66.7 Å². The van der Waals surface area contributed by atoms with Crippen LogP contribution < -0.4 is 5.32 Å². The van der Waals surface area contributed by atoms with E-state index in [2.05, 4.69) is 11.4 Å². The van der Waals surface area contributed by atoms with Gasteiger partial charge in [0.15, 0.2) is 6.61 Å². The Morgan fingerprint density at radius 3 is 2.42 bits per heavy atom. The highest BCUT2D eigenvalue weighted by Crippen LogP contribution is 2.27. The van der Waals surface area contributed by atoms with E-state index in [0.717, 1.165) is 0 Å². The van der Waals surface area contributed by atoms with Crippen molar-refractivity contribution in [3.05, 3.63) is 93.5 Å². The summed E-state index contributed by atoms with van der Waals surface area (Å²) in [6, 6.07) is 19.7. The standard InChI is InChI=1S/C23H17N3O5/c1-15-12-17(26(29)30)10-11-21(15)25-22(27)14-31-23(28)20-9-5-4-8-19(20)18-7-3-2-6-16(18)13-24/h2-12H,14H2,1H3,(H,25,27). The maximum atomic E-state index is 12.6. The van der Waals surface area contributed by atoms with Gasteiger partial charge >= 0.3 is 5.97 Å². The van der Waals surface area contributed by atoms with Crippen LogP contribution >= 0.6 is 0 Å². The number of ether oxygens (including phenoxy) is 1. The molecule has 0 aliphatic heterocycles. The first kappa shape index (κ1) is 21.2. The minimum absolute atomic E-state index is 0.0869. The molecule has 0 spiro atoms. The van der Waals surface area contributed by atoms with Crippen LogP contribution in [0.4, 0.5) is 11.4 Å². The number of hydrogen-bond donors (Lipinski definition) is 1. The van der Waals surface area contributed by atoms with Crippen molar-refractivity contribution in [3.63, 3.8) is 0 Å². The normalized spacial score (nSPS) is 10.1. The Morgan fingerprint density at radius 2 is 1.74 bits per heavy atom. The van der Waals surface area contributed by atoms with E-state index in [1.807, 2.05) is 0 Å². The van der Waals surface area contributed by atoms with Gasteiger partial charge in [-0.3, -0.25) is 14.9 Å². The van der Waals surface area contributed by atoms with Gasteiger partial charge in [-0.15, -0.1) is 0 Å². The van der Waals surface area contributed by atoms with E-state index in [1.165, 1.54) is 18.2 Å². The zero-order valence-corrected chi connectivity index (χ0v) is 16.5. The van der Waals surface area contributed by atoms with Gasteiger partial charge in [0.2, 0.25) is 0 Å². The third-order valence-corrected chi connectivity index (χ3v) is 4.51. The molecule has 154 valence electrons. The van der Waals surface area contributed by atoms with E-state index in [1.54, 1.807) is 55.5 Å². The van der Waals surface area contributed by atoms with Crippen molar-refractivity contribution < 1.29 is 19.2 Å². The molecule has 0 saturated carbocycles. The van der Waals surface area contributed by atoms with Crippen molar-refractivity contribution in [2.24, 2.45) is 0 Å². The van der Waals surface area contributed by atoms with Gasteiger partial charge in [-0.25, -0.2) is 4.79 Å². The summed E-state index contributed by atoms with van der Waals surface area (Å²) < 4.78 is 5.16. The number of esters is 1. The predicted molar refractivity (Wildman–Crippen MR) is 113 cm³/mol. The molecule has 0 atom stereocenters. The Hall–Kier alpha value is -4.51. The van der Waals surface area contributed by atoms with E-state index in [4.69, 9.17) is 4.74 Å². The van der Waals surface area contributed by atoms with Gasteiger partial charge in [-0.05, 0) is 36.2 Å². The fourth-order valence-corrected chi connectivity index (χ4v) is 3.01. The minimum atomic E-state index is -0.709. The van der Waals surface area contributed by atoms with Crippen LogP contribution in [-0.4, -0.2) is 23.4 Å². The molecule has 1 N–H and O–H groups in total. The number of nitro benzene ring substituents is 1. The monoisotopic (exact) mass is 415 g/mol. The van der Waals surface area contributed by atoms with Crippen LogP contribution in [0, 0.1) is 28.4 Å². The highest BCUT2D eigenvalue weighted by Gasteiger charge is 2.17. The summed E-state index contributed by atoms with van der Waals surface area (Å²) in [4.78, 5) is 35.1. The molecule has 0 aliphatic carbocycles. The third-order valence-electron chi connectivity index (χ3n) is 4.51. The third kappa shape index (κ3) is 4.92. The molecule has 0 aliphatic rings. The summed E-state index contributed by atoms with van der Waals surface area (Å²) in [6.45, 7) is 1.08.